The van der Waals surface area contributed by atoms with Crippen LogP contribution in [0.4, 0.5) is 4.39 Å². The van der Waals surface area contributed by atoms with Gasteiger partial charge in [-0.2, -0.15) is 0 Å². The summed E-state index contributed by atoms with van der Waals surface area (Å²) in [6, 6.07) is 28.2. The molecule has 5 aromatic rings. The molecule has 2 heterocycles. The first-order valence-electron chi connectivity index (χ1n) is 17.2. The second-order valence-corrected chi connectivity index (χ2v) is 13.6. The molecule has 0 unspecified atom stereocenters. The van der Waals surface area contributed by atoms with Gasteiger partial charge in [-0.25, -0.2) is 9.37 Å². The lowest BCUT2D eigenvalue weighted by molar-refractivity contribution is -0.127. The fourth-order valence-electron chi connectivity index (χ4n) is 5.78. The van der Waals surface area contributed by atoms with Crippen molar-refractivity contribution in [3.05, 3.63) is 153 Å². The van der Waals surface area contributed by atoms with Crippen LogP contribution in [0, 0.1) is 19.7 Å². The molecule has 1 fully saturated rings. The fraction of sp³-hybridized carbons (Fsp3) is 0.238. The van der Waals surface area contributed by atoms with Gasteiger partial charge in [0, 0.05) is 56.3 Å². The Balaban J connectivity index is 0.933. The average Bonchev–Trinajstić information content (AvgIpc) is 3.15. The zero-order valence-corrected chi connectivity index (χ0v) is 30.7. The Labute approximate surface area is 314 Å². The van der Waals surface area contributed by atoms with Crippen LogP contribution < -0.4 is 14.2 Å². The first-order chi connectivity index (χ1) is 25.2. The molecule has 0 spiro atoms. The van der Waals surface area contributed by atoms with E-state index >= 15 is 0 Å². The van der Waals surface area contributed by atoms with Crippen molar-refractivity contribution >= 4 is 35.2 Å². The monoisotopic (exact) mass is 739 g/mol. The maximum absolute atomic E-state index is 13.8. The third kappa shape index (κ3) is 10.3. The standard InChI is InChI=1S/C42H40Cl2FN3O4/c1-29-3-4-34(25-39(29)45)28-51-37-14-15-40(46-26-37)52-42-30(2)23-33(24-38(42)44)9-16-41(49)48-20-18-47(19-21-48)27-32-7-5-31(6-8-32)17-22-50-36-12-10-35(43)11-13-36/h3-16,23-26H,17-22,27-28H2,1-2H3/b16-9+. The number of aryl methyl sites for hydroxylation is 2. The van der Waals surface area contributed by atoms with Crippen LogP contribution in [0.1, 0.15) is 33.4 Å². The quantitative estimate of drug-likeness (QED) is 0.112. The van der Waals surface area contributed by atoms with Gasteiger partial charge >= 0.3 is 0 Å². The molecule has 1 saturated heterocycles. The molecular weight excluding hydrogens is 700 g/mol. The highest BCUT2D eigenvalue weighted by molar-refractivity contribution is 6.32. The Hall–Kier alpha value is -4.89. The van der Waals surface area contributed by atoms with Crippen LogP contribution in [-0.4, -0.2) is 53.5 Å². The second kappa shape index (κ2) is 17.6. The summed E-state index contributed by atoms with van der Waals surface area (Å²) >= 11 is 12.5. The fourth-order valence-corrected chi connectivity index (χ4v) is 6.22. The molecule has 0 atom stereocenters. The van der Waals surface area contributed by atoms with Crippen LogP contribution in [0.2, 0.25) is 10.0 Å². The number of nitrogens with zero attached hydrogens (tertiary/aromatic N) is 3. The summed E-state index contributed by atoms with van der Waals surface area (Å²) in [7, 11) is 0. The van der Waals surface area contributed by atoms with Crippen LogP contribution in [-0.2, 0) is 24.4 Å². The van der Waals surface area contributed by atoms with Crippen LogP contribution >= 0.6 is 23.2 Å². The number of rotatable bonds is 13. The average molecular weight is 741 g/mol. The molecule has 1 aliphatic heterocycles. The molecule has 4 aromatic carbocycles. The molecule has 52 heavy (non-hydrogen) atoms. The van der Waals surface area contributed by atoms with Crippen molar-refractivity contribution in [3.63, 3.8) is 0 Å². The van der Waals surface area contributed by atoms with Crippen molar-refractivity contribution in [1.82, 2.24) is 14.8 Å². The number of hydrogen-bond acceptors (Lipinski definition) is 6. The first kappa shape index (κ1) is 36.9. The predicted octanol–water partition coefficient (Wildman–Crippen LogP) is 9.49. The number of carbonyl (C=O) groups is 1. The van der Waals surface area contributed by atoms with Gasteiger partial charge in [-0.3, -0.25) is 9.69 Å². The van der Waals surface area contributed by atoms with E-state index in [2.05, 4.69) is 34.1 Å². The van der Waals surface area contributed by atoms with Gasteiger partial charge in [0.1, 0.15) is 23.9 Å². The van der Waals surface area contributed by atoms with Crippen molar-refractivity contribution in [3.8, 4) is 23.1 Å². The minimum atomic E-state index is -0.263. The van der Waals surface area contributed by atoms with Crippen molar-refractivity contribution in [1.29, 1.82) is 0 Å². The van der Waals surface area contributed by atoms with Gasteiger partial charge in [0.2, 0.25) is 11.8 Å². The highest BCUT2D eigenvalue weighted by Gasteiger charge is 2.20. The maximum atomic E-state index is 13.8. The van der Waals surface area contributed by atoms with E-state index in [0.29, 0.717) is 52.7 Å². The number of pyridine rings is 1. The SMILES string of the molecule is Cc1ccc(COc2ccc(Oc3c(C)cc(/C=C/C(=O)N4CCN(Cc5ccc(CCOc6ccc(Cl)cc6)cc5)CC4)cc3Cl)nc2)cc1F. The van der Waals surface area contributed by atoms with Gasteiger partial charge < -0.3 is 19.1 Å². The Morgan fingerprint density at radius 1 is 0.808 bits per heavy atom. The van der Waals surface area contributed by atoms with Gasteiger partial charge in [0.25, 0.3) is 0 Å². The summed E-state index contributed by atoms with van der Waals surface area (Å²) < 4.78 is 31.4. The molecule has 1 amide bonds. The number of carbonyl (C=O) groups excluding carboxylic acids is 1. The van der Waals surface area contributed by atoms with Gasteiger partial charge in [0.15, 0.2) is 5.75 Å². The molecule has 6 rings (SSSR count). The van der Waals surface area contributed by atoms with E-state index in [1.54, 1.807) is 49.5 Å². The third-order valence-electron chi connectivity index (χ3n) is 8.81. The Bertz CT molecular complexity index is 1970. The summed E-state index contributed by atoms with van der Waals surface area (Å²) in [6.45, 7) is 8.22. The highest BCUT2D eigenvalue weighted by Crippen LogP contribution is 2.34. The van der Waals surface area contributed by atoms with Crippen molar-refractivity contribution in [2.24, 2.45) is 0 Å². The summed E-state index contributed by atoms with van der Waals surface area (Å²) in [6.07, 6.45) is 5.75. The number of benzene rings is 4. The minimum absolute atomic E-state index is 0.0297. The third-order valence-corrected chi connectivity index (χ3v) is 9.35. The lowest BCUT2D eigenvalue weighted by Crippen LogP contribution is -2.47. The Kier molecular flexibility index (Phi) is 12.5. The number of ether oxygens (including phenoxy) is 3. The Morgan fingerprint density at radius 3 is 2.21 bits per heavy atom. The molecule has 10 heteroatoms. The van der Waals surface area contributed by atoms with Gasteiger partial charge in [0.05, 0.1) is 17.8 Å². The molecule has 0 saturated carbocycles. The molecule has 0 radical (unpaired) electrons. The van der Waals surface area contributed by atoms with Crippen LogP contribution in [0.5, 0.6) is 23.1 Å². The lowest BCUT2D eigenvalue weighted by Gasteiger charge is -2.34. The summed E-state index contributed by atoms with van der Waals surface area (Å²) in [5.41, 5.74) is 5.39. The topological polar surface area (TPSA) is 64.1 Å². The number of halogens is 3. The Morgan fingerprint density at radius 2 is 1.52 bits per heavy atom. The zero-order chi connectivity index (χ0) is 36.5. The highest BCUT2D eigenvalue weighted by atomic mass is 35.5. The van der Waals surface area contributed by atoms with E-state index in [9.17, 15) is 9.18 Å². The van der Waals surface area contributed by atoms with Crippen LogP contribution in [0.25, 0.3) is 6.08 Å². The summed E-state index contributed by atoms with van der Waals surface area (Å²) in [5, 5.41) is 1.10. The second-order valence-electron chi connectivity index (χ2n) is 12.8. The first-order valence-corrected chi connectivity index (χ1v) is 17.9. The van der Waals surface area contributed by atoms with Crippen molar-refractivity contribution < 1.29 is 23.4 Å². The van der Waals surface area contributed by atoms with E-state index in [0.717, 1.165) is 48.5 Å². The van der Waals surface area contributed by atoms with E-state index in [1.807, 2.05) is 48.2 Å². The molecule has 268 valence electrons. The van der Waals surface area contributed by atoms with E-state index < -0.39 is 0 Å². The van der Waals surface area contributed by atoms with Gasteiger partial charge in [-0.05, 0) is 102 Å². The minimum Gasteiger partial charge on any atom is -0.493 e. The number of piperazine rings is 1. The molecular formula is C42H40Cl2FN3O4. The molecule has 1 aromatic heterocycles. The predicted molar refractivity (Wildman–Crippen MR) is 204 cm³/mol. The number of amides is 1. The van der Waals surface area contributed by atoms with Crippen molar-refractivity contribution in [2.75, 3.05) is 32.8 Å². The molecule has 1 aliphatic rings. The molecule has 0 aliphatic carbocycles. The van der Waals surface area contributed by atoms with E-state index in [4.69, 9.17) is 37.4 Å². The molecule has 0 bridgehead atoms. The lowest BCUT2D eigenvalue weighted by atomic mass is 10.1. The summed E-state index contributed by atoms with van der Waals surface area (Å²) in [5.74, 6) is 1.88. The zero-order valence-electron chi connectivity index (χ0n) is 29.2. The smallest absolute Gasteiger partial charge is 0.246 e. The largest absolute Gasteiger partial charge is 0.493 e. The summed E-state index contributed by atoms with van der Waals surface area (Å²) in [4.78, 5) is 21.6. The van der Waals surface area contributed by atoms with E-state index in [-0.39, 0.29) is 18.3 Å². The van der Waals surface area contributed by atoms with Crippen molar-refractivity contribution in [2.45, 2.75) is 33.4 Å². The van der Waals surface area contributed by atoms with Gasteiger partial charge in [-0.1, -0.05) is 59.6 Å². The van der Waals surface area contributed by atoms with Crippen LogP contribution in [0.3, 0.4) is 0 Å². The van der Waals surface area contributed by atoms with Crippen LogP contribution in [0.15, 0.2) is 103 Å². The normalized spacial score (nSPS) is 13.4. The van der Waals surface area contributed by atoms with Gasteiger partial charge in [-0.15, -0.1) is 0 Å². The van der Waals surface area contributed by atoms with E-state index in [1.165, 1.54) is 17.2 Å². The maximum Gasteiger partial charge on any atom is 0.246 e. The molecule has 0 N–H and O–H groups in total. The molecule has 7 nitrogen and oxygen atoms in total. The number of aromatic nitrogens is 1. The number of hydrogen-bond donors (Lipinski definition) is 0.